The van der Waals surface area contributed by atoms with Gasteiger partial charge in [-0.15, -0.1) is 24.7 Å². The van der Waals surface area contributed by atoms with E-state index in [2.05, 4.69) is 11.8 Å². The van der Waals surface area contributed by atoms with Crippen LogP contribution in [0.15, 0.2) is 0 Å². The second-order valence-electron chi connectivity index (χ2n) is 5.66. The Labute approximate surface area is 142 Å². The van der Waals surface area contributed by atoms with Crippen LogP contribution in [0.25, 0.3) is 0 Å². The number of terminal acetylenes is 2. The number of rotatable bonds is 14. The van der Waals surface area contributed by atoms with Gasteiger partial charge in [0.25, 0.3) is 0 Å². The maximum atomic E-state index is 10.1. The van der Waals surface area contributed by atoms with Crippen molar-refractivity contribution >= 4 is 5.97 Å². The predicted octanol–water partition coefficient (Wildman–Crippen LogP) is 4.78. The first-order valence-electron chi connectivity index (χ1n) is 8.88. The lowest BCUT2D eigenvalue weighted by atomic mass is 10.1. The predicted molar refractivity (Wildman–Crippen MR) is 97.0 cm³/mol. The average Bonchev–Trinajstić information content (AvgIpc) is 2.54. The molecule has 3 heteroatoms. The van der Waals surface area contributed by atoms with Crippen LogP contribution in [0.2, 0.25) is 0 Å². The molecule has 0 bridgehead atoms. The standard InChI is InChI=1S/C10H16O2.C10H18O/c1-2-3-4-5-6-7-8-9-10(11)12;1-2-3-4-5-6-7-8-9-10-11/h1H,3-9H2,(H,11,12);1,11H,3-10H2. The summed E-state index contributed by atoms with van der Waals surface area (Å²) in [6.45, 7) is 0.338. The summed E-state index contributed by atoms with van der Waals surface area (Å²) in [5.41, 5.74) is 0. The molecule has 0 aromatic heterocycles. The monoisotopic (exact) mass is 322 g/mol. The molecule has 3 nitrogen and oxygen atoms in total. The minimum atomic E-state index is -0.696. The number of aliphatic carboxylic acids is 1. The number of aliphatic hydroxyl groups excluding tert-OH is 1. The van der Waals surface area contributed by atoms with Gasteiger partial charge in [-0.2, -0.15) is 0 Å². The van der Waals surface area contributed by atoms with Crippen molar-refractivity contribution in [1.82, 2.24) is 0 Å². The minimum absolute atomic E-state index is 0.301. The molecule has 0 aliphatic heterocycles. The van der Waals surface area contributed by atoms with Gasteiger partial charge in [-0.3, -0.25) is 4.79 Å². The molecule has 0 saturated carbocycles. The van der Waals surface area contributed by atoms with Gasteiger partial charge in [0.05, 0.1) is 0 Å². The first kappa shape index (κ1) is 23.8. The third kappa shape index (κ3) is 29.2. The summed E-state index contributed by atoms with van der Waals surface area (Å²) in [5.74, 6) is 4.52. The van der Waals surface area contributed by atoms with Crippen LogP contribution in [-0.2, 0) is 4.79 Å². The molecule has 132 valence electrons. The third-order valence-corrected chi connectivity index (χ3v) is 3.44. The Bertz CT molecular complexity index is 323. The van der Waals surface area contributed by atoms with Crippen molar-refractivity contribution in [2.24, 2.45) is 0 Å². The maximum absolute atomic E-state index is 10.1. The molecule has 23 heavy (non-hydrogen) atoms. The van der Waals surface area contributed by atoms with Gasteiger partial charge in [-0.1, -0.05) is 44.9 Å². The van der Waals surface area contributed by atoms with E-state index in [1.807, 2.05) is 0 Å². The second kappa shape index (κ2) is 22.8. The lowest BCUT2D eigenvalue weighted by Crippen LogP contribution is -1.93. The molecule has 0 spiro atoms. The molecule has 0 atom stereocenters. The summed E-state index contributed by atoms with van der Waals surface area (Å²) >= 11 is 0. The van der Waals surface area contributed by atoms with E-state index in [0.717, 1.165) is 64.2 Å². The van der Waals surface area contributed by atoms with E-state index in [-0.39, 0.29) is 0 Å². The molecule has 0 heterocycles. The SMILES string of the molecule is C#CCCCCCCCC(=O)O.C#CCCCCCCCCO. The van der Waals surface area contributed by atoms with Gasteiger partial charge in [0.2, 0.25) is 0 Å². The van der Waals surface area contributed by atoms with Crippen molar-refractivity contribution in [2.75, 3.05) is 6.61 Å². The zero-order valence-corrected chi connectivity index (χ0v) is 14.6. The van der Waals surface area contributed by atoms with Crippen LogP contribution in [0, 0.1) is 24.7 Å². The number of unbranched alkanes of at least 4 members (excludes halogenated alkanes) is 11. The Morgan fingerprint density at radius 1 is 0.696 bits per heavy atom. The van der Waals surface area contributed by atoms with Gasteiger partial charge in [-0.05, 0) is 25.7 Å². The van der Waals surface area contributed by atoms with Crippen LogP contribution in [0.4, 0.5) is 0 Å². The van der Waals surface area contributed by atoms with Crippen LogP contribution >= 0.6 is 0 Å². The van der Waals surface area contributed by atoms with Crippen molar-refractivity contribution in [1.29, 1.82) is 0 Å². The average molecular weight is 322 g/mol. The van der Waals surface area contributed by atoms with Crippen molar-refractivity contribution in [2.45, 2.75) is 89.9 Å². The number of carbonyl (C=O) groups is 1. The zero-order valence-electron chi connectivity index (χ0n) is 14.6. The summed E-state index contributed by atoms with van der Waals surface area (Å²) in [7, 11) is 0. The molecule has 0 aromatic carbocycles. The molecule has 2 N–H and O–H groups in total. The summed E-state index contributed by atoms with van der Waals surface area (Å²) in [6.07, 6.45) is 24.4. The van der Waals surface area contributed by atoms with Crippen molar-refractivity contribution in [3.63, 3.8) is 0 Å². The van der Waals surface area contributed by atoms with Gasteiger partial charge in [0, 0.05) is 25.9 Å². The Morgan fingerprint density at radius 3 is 1.48 bits per heavy atom. The zero-order chi connectivity index (χ0) is 17.6. The Kier molecular flexibility index (Phi) is 23.6. The highest BCUT2D eigenvalue weighted by Crippen LogP contribution is 2.07. The third-order valence-electron chi connectivity index (χ3n) is 3.44. The molecule has 0 fully saturated rings. The van der Waals surface area contributed by atoms with Crippen LogP contribution in [0.1, 0.15) is 89.9 Å². The molecular weight excluding hydrogens is 288 g/mol. The first-order valence-corrected chi connectivity index (χ1v) is 8.88. The molecule has 0 aromatic rings. The number of aliphatic hydroxyl groups is 1. The van der Waals surface area contributed by atoms with Gasteiger partial charge >= 0.3 is 5.97 Å². The van der Waals surface area contributed by atoms with Gasteiger partial charge in [0.15, 0.2) is 0 Å². The quantitative estimate of drug-likeness (QED) is 0.357. The molecule has 0 aliphatic rings. The maximum Gasteiger partial charge on any atom is 0.303 e. The smallest absolute Gasteiger partial charge is 0.303 e. The van der Waals surface area contributed by atoms with E-state index in [9.17, 15) is 4.79 Å². The summed E-state index contributed by atoms with van der Waals surface area (Å²) in [6, 6.07) is 0. The lowest BCUT2D eigenvalue weighted by Gasteiger charge is -1.97. The van der Waals surface area contributed by atoms with E-state index in [1.54, 1.807) is 0 Å². The van der Waals surface area contributed by atoms with Crippen molar-refractivity contribution in [3.8, 4) is 24.7 Å². The van der Waals surface area contributed by atoms with E-state index >= 15 is 0 Å². The molecular formula is C20H34O3. The highest BCUT2D eigenvalue weighted by Gasteiger charge is 1.95. The number of hydrogen-bond donors (Lipinski definition) is 2. The van der Waals surface area contributed by atoms with Gasteiger partial charge < -0.3 is 10.2 Å². The van der Waals surface area contributed by atoms with E-state index in [4.69, 9.17) is 23.1 Å². The molecule has 0 radical (unpaired) electrons. The largest absolute Gasteiger partial charge is 0.481 e. The molecule has 0 amide bonds. The second-order valence-corrected chi connectivity index (χ2v) is 5.66. The summed E-state index contributed by atoms with van der Waals surface area (Å²) < 4.78 is 0. The van der Waals surface area contributed by atoms with E-state index in [1.165, 1.54) is 19.3 Å². The topological polar surface area (TPSA) is 57.5 Å². The van der Waals surface area contributed by atoms with Gasteiger partial charge in [0.1, 0.15) is 0 Å². The van der Waals surface area contributed by atoms with Crippen LogP contribution in [-0.4, -0.2) is 22.8 Å². The van der Waals surface area contributed by atoms with E-state index in [0.29, 0.717) is 13.0 Å². The Balaban J connectivity index is 0. The summed E-state index contributed by atoms with van der Waals surface area (Å²) in [5, 5.41) is 16.8. The Morgan fingerprint density at radius 2 is 1.09 bits per heavy atom. The fourth-order valence-corrected chi connectivity index (χ4v) is 2.08. The van der Waals surface area contributed by atoms with Crippen molar-refractivity contribution in [3.05, 3.63) is 0 Å². The molecule has 0 rings (SSSR count). The number of hydrogen-bond acceptors (Lipinski definition) is 2. The molecule has 0 saturated heterocycles. The first-order chi connectivity index (χ1) is 11.2. The fraction of sp³-hybridized carbons (Fsp3) is 0.750. The summed E-state index contributed by atoms with van der Waals surface area (Å²) in [4.78, 5) is 10.1. The molecule has 0 aliphatic carbocycles. The highest BCUT2D eigenvalue weighted by atomic mass is 16.4. The van der Waals surface area contributed by atoms with Crippen LogP contribution in [0.3, 0.4) is 0 Å². The minimum Gasteiger partial charge on any atom is -0.481 e. The van der Waals surface area contributed by atoms with Crippen LogP contribution in [0.5, 0.6) is 0 Å². The van der Waals surface area contributed by atoms with Gasteiger partial charge in [-0.25, -0.2) is 0 Å². The number of carboxylic acids is 1. The van der Waals surface area contributed by atoms with Crippen LogP contribution < -0.4 is 0 Å². The van der Waals surface area contributed by atoms with E-state index < -0.39 is 5.97 Å². The fourth-order valence-electron chi connectivity index (χ4n) is 2.08. The number of carboxylic acid groups (broad SMARTS) is 1. The molecule has 0 unspecified atom stereocenters. The van der Waals surface area contributed by atoms with Crippen molar-refractivity contribution < 1.29 is 15.0 Å². The normalized spacial score (nSPS) is 9.35. The highest BCUT2D eigenvalue weighted by molar-refractivity contribution is 5.66. The lowest BCUT2D eigenvalue weighted by molar-refractivity contribution is -0.137. The Hall–Kier alpha value is -1.45.